The van der Waals surface area contributed by atoms with Crippen LogP contribution in [0, 0.1) is 0 Å². The quantitative estimate of drug-likeness (QED) is 0.798. The van der Waals surface area contributed by atoms with Crippen molar-refractivity contribution in [3.63, 3.8) is 0 Å². The topological polar surface area (TPSA) is 35.2 Å². The highest BCUT2D eigenvalue weighted by atomic mass is 79.9. The fraction of sp³-hybridized carbons (Fsp3) is 0.250. The van der Waals surface area contributed by atoms with Gasteiger partial charge in [-0.1, -0.05) is 15.9 Å². The fourth-order valence-corrected chi connectivity index (χ4v) is 2.64. The van der Waals surface area contributed by atoms with Gasteiger partial charge in [-0.25, -0.2) is 0 Å². The molecule has 0 fully saturated rings. The summed E-state index contributed by atoms with van der Waals surface area (Å²) >= 11 is 6.82. The van der Waals surface area contributed by atoms with Crippen LogP contribution >= 0.6 is 31.9 Å². The summed E-state index contributed by atoms with van der Waals surface area (Å²) in [7, 11) is 0. The van der Waals surface area contributed by atoms with Crippen molar-refractivity contribution < 1.29 is 4.74 Å². The molecule has 0 aliphatic carbocycles. The molecular weight excluding hydrogens is 286 g/mol. The van der Waals surface area contributed by atoms with Crippen molar-refractivity contribution in [3.05, 3.63) is 26.6 Å². The molecular formula is C8H7Br2NO. The van der Waals surface area contributed by atoms with E-state index < -0.39 is 0 Å². The molecule has 0 spiro atoms. The van der Waals surface area contributed by atoms with E-state index in [4.69, 9.17) is 10.5 Å². The van der Waals surface area contributed by atoms with Gasteiger partial charge in [0, 0.05) is 10.0 Å². The highest BCUT2D eigenvalue weighted by Crippen LogP contribution is 2.39. The number of hydrogen-bond acceptors (Lipinski definition) is 2. The number of ether oxygens (including phenoxy) is 1. The molecule has 0 saturated heterocycles. The van der Waals surface area contributed by atoms with Crippen LogP contribution in [0.3, 0.4) is 0 Å². The molecule has 1 unspecified atom stereocenters. The van der Waals surface area contributed by atoms with Gasteiger partial charge in [0.1, 0.15) is 12.4 Å². The molecule has 0 saturated carbocycles. The average molecular weight is 293 g/mol. The van der Waals surface area contributed by atoms with E-state index >= 15 is 0 Å². The molecule has 1 aromatic carbocycles. The van der Waals surface area contributed by atoms with E-state index in [0.717, 1.165) is 20.3 Å². The predicted molar refractivity (Wildman–Crippen MR) is 54.3 cm³/mol. The average Bonchev–Trinajstić information content (AvgIpc) is 2.33. The van der Waals surface area contributed by atoms with Gasteiger partial charge >= 0.3 is 0 Å². The van der Waals surface area contributed by atoms with Crippen LogP contribution in [0.15, 0.2) is 21.1 Å². The summed E-state index contributed by atoms with van der Waals surface area (Å²) in [6.45, 7) is 0.574. The van der Waals surface area contributed by atoms with Gasteiger partial charge in [0.25, 0.3) is 0 Å². The number of halogens is 2. The third-order valence-corrected chi connectivity index (χ3v) is 2.89. The Morgan fingerprint density at radius 1 is 1.42 bits per heavy atom. The lowest BCUT2D eigenvalue weighted by molar-refractivity contribution is 0.331. The maximum Gasteiger partial charge on any atom is 0.138 e. The van der Waals surface area contributed by atoms with Gasteiger partial charge in [-0.2, -0.15) is 0 Å². The predicted octanol–water partition coefficient (Wildman–Crippen LogP) is 2.60. The normalized spacial score (nSPS) is 20.4. The van der Waals surface area contributed by atoms with Crippen LogP contribution in [-0.2, 0) is 0 Å². The van der Waals surface area contributed by atoms with Crippen LogP contribution in [0.5, 0.6) is 5.75 Å². The lowest BCUT2D eigenvalue weighted by Gasteiger charge is -2.03. The van der Waals surface area contributed by atoms with Gasteiger partial charge in [-0.3, -0.25) is 0 Å². The Bertz CT molecular complexity index is 327. The molecule has 0 radical (unpaired) electrons. The molecule has 1 aliphatic heterocycles. The number of hydrogen-bond donors (Lipinski definition) is 1. The Hall–Kier alpha value is -0.0600. The van der Waals surface area contributed by atoms with Gasteiger partial charge < -0.3 is 10.5 Å². The van der Waals surface area contributed by atoms with Gasteiger partial charge in [-0.15, -0.1) is 0 Å². The third kappa shape index (κ3) is 1.28. The van der Waals surface area contributed by atoms with Crippen molar-refractivity contribution in [3.8, 4) is 5.75 Å². The molecule has 0 aromatic heterocycles. The molecule has 1 aliphatic rings. The fourth-order valence-electron chi connectivity index (χ4n) is 1.27. The van der Waals surface area contributed by atoms with Crippen molar-refractivity contribution in [2.75, 3.05) is 6.61 Å². The van der Waals surface area contributed by atoms with Gasteiger partial charge in [0.15, 0.2) is 0 Å². The first-order valence-corrected chi connectivity index (χ1v) is 5.14. The molecule has 4 heteroatoms. The van der Waals surface area contributed by atoms with Crippen molar-refractivity contribution in [2.24, 2.45) is 5.73 Å². The summed E-state index contributed by atoms with van der Waals surface area (Å²) < 4.78 is 7.38. The molecule has 64 valence electrons. The minimum absolute atomic E-state index is 0.00815. The molecule has 0 bridgehead atoms. The second-order valence-corrected chi connectivity index (χ2v) is 4.49. The lowest BCUT2D eigenvalue weighted by atomic mass is 10.1. The molecule has 2 rings (SSSR count). The smallest absolute Gasteiger partial charge is 0.138 e. The Balaban J connectivity index is 2.60. The summed E-state index contributed by atoms with van der Waals surface area (Å²) in [6, 6.07) is 3.96. The van der Waals surface area contributed by atoms with Crippen molar-refractivity contribution in [1.82, 2.24) is 0 Å². The van der Waals surface area contributed by atoms with Gasteiger partial charge in [0.05, 0.1) is 10.5 Å². The van der Waals surface area contributed by atoms with Crippen LogP contribution in [0.4, 0.5) is 0 Å². The summed E-state index contributed by atoms with van der Waals surface area (Å²) in [5.74, 6) is 0.880. The zero-order chi connectivity index (χ0) is 8.72. The highest BCUT2D eigenvalue weighted by molar-refractivity contribution is 9.11. The van der Waals surface area contributed by atoms with Crippen molar-refractivity contribution in [2.45, 2.75) is 6.04 Å². The molecule has 12 heavy (non-hydrogen) atoms. The zero-order valence-corrected chi connectivity index (χ0v) is 9.35. The second kappa shape index (κ2) is 3.01. The van der Waals surface area contributed by atoms with E-state index in [0.29, 0.717) is 6.61 Å². The van der Waals surface area contributed by atoms with Crippen LogP contribution in [-0.4, -0.2) is 6.61 Å². The van der Waals surface area contributed by atoms with Crippen LogP contribution in [0.1, 0.15) is 11.6 Å². The Morgan fingerprint density at radius 3 is 2.92 bits per heavy atom. The van der Waals surface area contributed by atoms with E-state index in [-0.39, 0.29) is 6.04 Å². The van der Waals surface area contributed by atoms with E-state index in [1.54, 1.807) is 0 Å². The van der Waals surface area contributed by atoms with Crippen LogP contribution < -0.4 is 10.5 Å². The summed E-state index contributed by atoms with van der Waals surface area (Å²) in [6.07, 6.45) is 0. The third-order valence-electron chi connectivity index (χ3n) is 1.84. The molecule has 2 nitrogen and oxygen atoms in total. The number of benzene rings is 1. The minimum Gasteiger partial charge on any atom is -0.490 e. The first-order valence-electron chi connectivity index (χ1n) is 3.56. The lowest BCUT2D eigenvalue weighted by Crippen LogP contribution is -2.10. The van der Waals surface area contributed by atoms with E-state index in [9.17, 15) is 0 Å². The summed E-state index contributed by atoms with van der Waals surface area (Å²) in [5, 5.41) is 0. The van der Waals surface area contributed by atoms with Crippen molar-refractivity contribution in [1.29, 1.82) is 0 Å². The van der Waals surface area contributed by atoms with E-state index in [1.807, 2.05) is 12.1 Å². The maximum atomic E-state index is 5.82. The Morgan fingerprint density at radius 2 is 2.17 bits per heavy atom. The van der Waals surface area contributed by atoms with Crippen LogP contribution in [0.2, 0.25) is 0 Å². The molecule has 1 aromatic rings. The second-order valence-electron chi connectivity index (χ2n) is 2.72. The highest BCUT2D eigenvalue weighted by Gasteiger charge is 2.23. The maximum absolute atomic E-state index is 5.82. The standard InChI is InChI=1S/C8H7Br2NO/c9-4-1-5-7(11)3-12-8(5)6(10)2-4/h1-2,7H,3,11H2. The van der Waals surface area contributed by atoms with E-state index in [1.165, 1.54) is 0 Å². The SMILES string of the molecule is NC1COc2c(Br)cc(Br)cc21. The zero-order valence-electron chi connectivity index (χ0n) is 6.18. The molecule has 0 amide bonds. The largest absolute Gasteiger partial charge is 0.490 e. The first kappa shape index (κ1) is 8.53. The summed E-state index contributed by atoms with van der Waals surface area (Å²) in [4.78, 5) is 0. The number of fused-ring (bicyclic) bond motifs is 1. The Kier molecular flexibility index (Phi) is 2.14. The molecule has 1 heterocycles. The van der Waals surface area contributed by atoms with Crippen LogP contribution in [0.25, 0.3) is 0 Å². The first-order chi connectivity index (χ1) is 5.68. The minimum atomic E-state index is 0.00815. The van der Waals surface area contributed by atoms with E-state index in [2.05, 4.69) is 31.9 Å². The molecule has 1 atom stereocenters. The number of rotatable bonds is 0. The number of nitrogens with two attached hydrogens (primary N) is 1. The summed E-state index contributed by atoms with van der Waals surface area (Å²) in [5.41, 5.74) is 6.88. The van der Waals surface area contributed by atoms with Gasteiger partial charge in [0.2, 0.25) is 0 Å². The molecule has 2 N–H and O–H groups in total. The van der Waals surface area contributed by atoms with Crippen molar-refractivity contribution >= 4 is 31.9 Å². The van der Waals surface area contributed by atoms with Gasteiger partial charge in [-0.05, 0) is 28.1 Å². The monoisotopic (exact) mass is 291 g/mol. The Labute approximate surface area is 87.3 Å².